The van der Waals surface area contributed by atoms with Crippen LogP contribution < -0.4 is 5.73 Å². The minimum Gasteiger partial charge on any atom is -0.399 e. The molecule has 1 unspecified atom stereocenters. The molecule has 0 radical (unpaired) electrons. The van der Waals surface area contributed by atoms with E-state index < -0.39 is 0 Å². The number of benzene rings is 1. The summed E-state index contributed by atoms with van der Waals surface area (Å²) in [5.74, 6) is 0.627. The molecule has 0 fully saturated rings. The highest BCUT2D eigenvalue weighted by Crippen LogP contribution is 2.41. The van der Waals surface area contributed by atoms with Gasteiger partial charge in [0.15, 0.2) is 0 Å². The summed E-state index contributed by atoms with van der Waals surface area (Å²) in [4.78, 5) is 0. The number of fused-ring (bicyclic) bond motifs is 1. The van der Waals surface area contributed by atoms with E-state index in [9.17, 15) is 0 Å². The maximum absolute atomic E-state index is 5.68. The van der Waals surface area contributed by atoms with Gasteiger partial charge in [-0.2, -0.15) is 0 Å². The summed E-state index contributed by atoms with van der Waals surface area (Å²) < 4.78 is 0. The van der Waals surface area contributed by atoms with Gasteiger partial charge in [0.2, 0.25) is 0 Å². The molecule has 1 nitrogen and oxygen atoms in total. The molecule has 0 amide bonds. The van der Waals surface area contributed by atoms with Crippen molar-refractivity contribution in [2.75, 3.05) is 5.73 Å². The minimum atomic E-state index is 0.627. The molecule has 0 aromatic heterocycles. The lowest BCUT2D eigenvalue weighted by Crippen LogP contribution is -1.93. The summed E-state index contributed by atoms with van der Waals surface area (Å²) in [6.07, 6.45) is 6.89. The standard InChI is InChI=1S/C14H13N/c1-9-6-11-7-12(11)8-14(9)10-2-4-13(15)5-3-10/h2-8,11H,15H2,1H3. The Morgan fingerprint density at radius 3 is 2.53 bits per heavy atom. The second-order valence-corrected chi connectivity index (χ2v) is 4.22. The summed E-state index contributed by atoms with van der Waals surface area (Å²) in [6, 6.07) is 8.08. The van der Waals surface area contributed by atoms with E-state index in [0.29, 0.717) is 5.92 Å². The molecule has 2 N–H and O–H groups in total. The van der Waals surface area contributed by atoms with Gasteiger partial charge in [-0.05, 0) is 41.3 Å². The van der Waals surface area contributed by atoms with Crippen molar-refractivity contribution in [2.24, 2.45) is 5.92 Å². The average Bonchev–Trinajstić information content (AvgIpc) is 2.96. The van der Waals surface area contributed by atoms with E-state index in [1.165, 1.54) is 22.3 Å². The van der Waals surface area contributed by atoms with Gasteiger partial charge in [0.05, 0.1) is 0 Å². The van der Waals surface area contributed by atoms with Crippen molar-refractivity contribution < 1.29 is 0 Å². The van der Waals surface area contributed by atoms with Crippen LogP contribution in [0.5, 0.6) is 0 Å². The summed E-state index contributed by atoms with van der Waals surface area (Å²) in [5.41, 5.74) is 11.9. The molecule has 1 aromatic rings. The zero-order valence-corrected chi connectivity index (χ0v) is 8.70. The molecule has 0 saturated carbocycles. The molecule has 0 aliphatic heterocycles. The molecule has 0 spiro atoms. The monoisotopic (exact) mass is 195 g/mol. The highest BCUT2D eigenvalue weighted by Gasteiger charge is 2.25. The Morgan fingerprint density at radius 2 is 1.80 bits per heavy atom. The third-order valence-corrected chi connectivity index (χ3v) is 3.03. The summed E-state index contributed by atoms with van der Waals surface area (Å²) in [6.45, 7) is 2.17. The van der Waals surface area contributed by atoms with Crippen LogP contribution in [-0.2, 0) is 0 Å². The zero-order chi connectivity index (χ0) is 10.4. The van der Waals surface area contributed by atoms with E-state index in [2.05, 4.69) is 37.3 Å². The lowest BCUT2D eigenvalue weighted by Gasteiger charge is -2.12. The summed E-state index contributed by atoms with van der Waals surface area (Å²) in [7, 11) is 0. The van der Waals surface area contributed by atoms with Crippen molar-refractivity contribution in [1.29, 1.82) is 0 Å². The number of hydrogen-bond donors (Lipinski definition) is 1. The molecule has 2 aliphatic carbocycles. The maximum atomic E-state index is 5.68. The molecular formula is C14H13N. The van der Waals surface area contributed by atoms with E-state index in [-0.39, 0.29) is 0 Å². The van der Waals surface area contributed by atoms with Gasteiger partial charge >= 0.3 is 0 Å². The van der Waals surface area contributed by atoms with E-state index in [0.717, 1.165) is 5.69 Å². The molecule has 0 saturated heterocycles. The van der Waals surface area contributed by atoms with Crippen LogP contribution in [0.1, 0.15) is 12.5 Å². The van der Waals surface area contributed by atoms with Gasteiger partial charge in [-0.3, -0.25) is 0 Å². The first-order valence-corrected chi connectivity index (χ1v) is 5.22. The molecule has 74 valence electrons. The smallest absolute Gasteiger partial charge is 0.0314 e. The Kier molecular flexibility index (Phi) is 1.63. The summed E-state index contributed by atoms with van der Waals surface area (Å²) in [5, 5.41) is 0. The van der Waals surface area contributed by atoms with Crippen LogP contribution in [0.3, 0.4) is 0 Å². The van der Waals surface area contributed by atoms with Crippen molar-refractivity contribution >= 4 is 11.3 Å². The maximum Gasteiger partial charge on any atom is 0.0314 e. The van der Waals surface area contributed by atoms with Crippen molar-refractivity contribution in [3.8, 4) is 0 Å². The zero-order valence-electron chi connectivity index (χ0n) is 8.70. The minimum absolute atomic E-state index is 0.627. The number of nitrogens with two attached hydrogens (primary N) is 1. The Labute approximate surface area is 89.6 Å². The number of nitrogen functional groups attached to an aromatic ring is 1. The van der Waals surface area contributed by atoms with Crippen LogP contribution in [-0.4, -0.2) is 0 Å². The predicted molar refractivity (Wildman–Crippen MR) is 64.2 cm³/mol. The first-order chi connectivity index (χ1) is 7.24. The molecule has 1 aromatic carbocycles. The van der Waals surface area contributed by atoms with Gasteiger partial charge in [-0.25, -0.2) is 0 Å². The fraction of sp³-hybridized carbons (Fsp3) is 0.143. The second-order valence-electron chi connectivity index (χ2n) is 4.22. The fourth-order valence-corrected chi connectivity index (χ4v) is 2.06. The van der Waals surface area contributed by atoms with Gasteiger partial charge < -0.3 is 5.73 Å². The Hall–Kier alpha value is -1.76. The van der Waals surface area contributed by atoms with Gasteiger partial charge in [-0.15, -0.1) is 0 Å². The van der Waals surface area contributed by atoms with Crippen LogP contribution in [0.25, 0.3) is 5.57 Å². The van der Waals surface area contributed by atoms with Gasteiger partial charge in [0, 0.05) is 11.6 Å². The average molecular weight is 195 g/mol. The molecule has 1 atom stereocenters. The van der Waals surface area contributed by atoms with Crippen molar-refractivity contribution in [1.82, 2.24) is 0 Å². The topological polar surface area (TPSA) is 26.0 Å². The molecule has 3 rings (SSSR count). The van der Waals surface area contributed by atoms with Crippen LogP contribution in [0, 0.1) is 5.92 Å². The predicted octanol–water partition coefficient (Wildman–Crippen LogP) is 3.17. The van der Waals surface area contributed by atoms with Crippen LogP contribution in [0.4, 0.5) is 5.69 Å². The molecule has 15 heavy (non-hydrogen) atoms. The first-order valence-electron chi connectivity index (χ1n) is 5.22. The van der Waals surface area contributed by atoms with Crippen LogP contribution in [0.2, 0.25) is 0 Å². The lowest BCUT2D eigenvalue weighted by atomic mass is 9.93. The summed E-state index contributed by atoms with van der Waals surface area (Å²) >= 11 is 0. The highest BCUT2D eigenvalue weighted by atomic mass is 14.5. The van der Waals surface area contributed by atoms with Crippen molar-refractivity contribution in [3.05, 3.63) is 59.2 Å². The quantitative estimate of drug-likeness (QED) is 0.684. The van der Waals surface area contributed by atoms with E-state index in [1.807, 2.05) is 12.1 Å². The number of anilines is 1. The molecule has 0 bridgehead atoms. The van der Waals surface area contributed by atoms with Crippen LogP contribution in [0.15, 0.2) is 53.6 Å². The largest absolute Gasteiger partial charge is 0.399 e. The van der Waals surface area contributed by atoms with E-state index in [4.69, 9.17) is 5.73 Å². The number of rotatable bonds is 1. The van der Waals surface area contributed by atoms with Gasteiger partial charge in [0.25, 0.3) is 0 Å². The van der Waals surface area contributed by atoms with E-state index >= 15 is 0 Å². The van der Waals surface area contributed by atoms with Crippen molar-refractivity contribution in [2.45, 2.75) is 6.92 Å². The van der Waals surface area contributed by atoms with Gasteiger partial charge in [0.1, 0.15) is 0 Å². The normalized spacial score (nSPS) is 22.5. The lowest BCUT2D eigenvalue weighted by molar-refractivity contribution is 1.16. The molecule has 2 aliphatic rings. The van der Waals surface area contributed by atoms with Crippen LogP contribution >= 0.6 is 0 Å². The number of allylic oxidation sites excluding steroid dienone is 6. The Morgan fingerprint density at radius 1 is 1.07 bits per heavy atom. The number of hydrogen-bond acceptors (Lipinski definition) is 1. The second kappa shape index (κ2) is 2.86. The van der Waals surface area contributed by atoms with Gasteiger partial charge in [-0.1, -0.05) is 30.4 Å². The molecular weight excluding hydrogens is 182 g/mol. The SMILES string of the molecule is CC1=CC2C=C2C=C1c1ccc(N)cc1. The fourth-order valence-electron chi connectivity index (χ4n) is 2.06. The Balaban J connectivity index is 2.03. The first kappa shape index (κ1) is 8.54. The van der Waals surface area contributed by atoms with E-state index in [1.54, 1.807) is 0 Å². The molecule has 1 heteroatoms. The third-order valence-electron chi connectivity index (χ3n) is 3.03. The van der Waals surface area contributed by atoms with Crippen molar-refractivity contribution in [3.63, 3.8) is 0 Å². The Bertz CT molecular complexity index is 501. The molecule has 0 heterocycles. The highest BCUT2D eigenvalue weighted by molar-refractivity contribution is 5.84. The third kappa shape index (κ3) is 1.40.